The molecule has 0 saturated carbocycles. The lowest BCUT2D eigenvalue weighted by Crippen LogP contribution is -2.22. The summed E-state index contributed by atoms with van der Waals surface area (Å²) in [6.07, 6.45) is 1.58. The molecule has 25 heavy (non-hydrogen) atoms. The Morgan fingerprint density at radius 3 is 2.52 bits per heavy atom. The number of hydrogen-bond acceptors (Lipinski definition) is 4. The van der Waals surface area contributed by atoms with Crippen LogP contribution in [0.1, 0.15) is 29.2 Å². The Bertz CT molecular complexity index is 729. The molecule has 0 aliphatic rings. The topological polar surface area (TPSA) is 108 Å². The predicted molar refractivity (Wildman–Crippen MR) is 98.1 cm³/mol. The number of carboxylic acid groups (broad SMARTS) is 1. The molecular formula is C19H23N3O3. The fraction of sp³-hybridized carbons (Fsp3) is 0.263. The van der Waals surface area contributed by atoms with Crippen LogP contribution in [0, 0.1) is 5.41 Å². The van der Waals surface area contributed by atoms with Gasteiger partial charge in [0.1, 0.15) is 5.84 Å². The molecule has 2 rings (SSSR count). The van der Waals surface area contributed by atoms with Gasteiger partial charge in [0.15, 0.2) is 6.04 Å². The summed E-state index contributed by atoms with van der Waals surface area (Å²) in [5, 5.41) is 20.1. The third kappa shape index (κ3) is 5.06. The fourth-order valence-electron chi connectivity index (χ4n) is 2.64. The number of aliphatic carboxylic acids is 1. The number of ether oxygens (including phenoxy) is 1. The zero-order valence-electron chi connectivity index (χ0n) is 14.2. The second-order valence-corrected chi connectivity index (χ2v) is 5.70. The Morgan fingerprint density at radius 2 is 1.92 bits per heavy atom. The van der Waals surface area contributed by atoms with E-state index in [0.29, 0.717) is 17.9 Å². The van der Waals surface area contributed by atoms with E-state index >= 15 is 0 Å². The number of carboxylic acids is 1. The molecule has 6 nitrogen and oxygen atoms in total. The smallest absolute Gasteiger partial charge is 0.330 e. The number of nitrogens with one attached hydrogen (secondary N) is 2. The molecule has 0 spiro atoms. The molecule has 0 radical (unpaired) electrons. The van der Waals surface area contributed by atoms with Gasteiger partial charge in [-0.1, -0.05) is 24.3 Å². The van der Waals surface area contributed by atoms with Crippen molar-refractivity contribution >= 4 is 17.5 Å². The van der Waals surface area contributed by atoms with Gasteiger partial charge in [-0.05, 0) is 48.2 Å². The quantitative estimate of drug-likeness (QED) is 0.319. The molecule has 0 aliphatic heterocycles. The van der Waals surface area contributed by atoms with Crippen molar-refractivity contribution in [2.75, 3.05) is 19.0 Å². The zero-order valence-corrected chi connectivity index (χ0v) is 14.2. The second-order valence-electron chi connectivity index (χ2n) is 5.70. The number of hydrogen-bond donors (Lipinski definition) is 4. The van der Waals surface area contributed by atoms with Crippen molar-refractivity contribution in [2.45, 2.75) is 18.9 Å². The Balaban J connectivity index is 2.23. The van der Waals surface area contributed by atoms with E-state index < -0.39 is 12.0 Å². The summed E-state index contributed by atoms with van der Waals surface area (Å²) in [5.41, 5.74) is 8.42. The van der Waals surface area contributed by atoms with Crippen LogP contribution in [0.5, 0.6) is 0 Å². The number of amidine groups is 1. The van der Waals surface area contributed by atoms with Crippen LogP contribution in [-0.4, -0.2) is 30.6 Å². The van der Waals surface area contributed by atoms with E-state index in [4.69, 9.17) is 15.9 Å². The Kier molecular flexibility index (Phi) is 6.54. The molecule has 1 unspecified atom stereocenters. The van der Waals surface area contributed by atoms with Gasteiger partial charge in [0.25, 0.3) is 0 Å². The van der Waals surface area contributed by atoms with E-state index in [2.05, 4.69) is 5.32 Å². The lowest BCUT2D eigenvalue weighted by atomic mass is 9.96. The summed E-state index contributed by atoms with van der Waals surface area (Å²) in [4.78, 5) is 11.8. The summed E-state index contributed by atoms with van der Waals surface area (Å²) >= 11 is 0. The largest absolute Gasteiger partial charge is 0.479 e. The van der Waals surface area contributed by atoms with Gasteiger partial charge >= 0.3 is 5.97 Å². The van der Waals surface area contributed by atoms with E-state index in [1.54, 1.807) is 31.4 Å². The Morgan fingerprint density at radius 1 is 1.24 bits per heavy atom. The molecule has 2 aromatic carbocycles. The van der Waals surface area contributed by atoms with Gasteiger partial charge in [-0.3, -0.25) is 5.41 Å². The van der Waals surface area contributed by atoms with Gasteiger partial charge in [0, 0.05) is 25.0 Å². The normalized spacial score (nSPS) is 11.7. The summed E-state index contributed by atoms with van der Waals surface area (Å²) in [6.45, 7) is 0.631. The molecule has 0 aliphatic carbocycles. The lowest BCUT2D eigenvalue weighted by molar-refractivity contribution is -0.138. The van der Waals surface area contributed by atoms with Crippen LogP contribution in [0.4, 0.5) is 5.69 Å². The van der Waals surface area contributed by atoms with Crippen LogP contribution in [0.25, 0.3) is 0 Å². The van der Waals surface area contributed by atoms with E-state index in [9.17, 15) is 9.90 Å². The molecule has 0 aromatic heterocycles. The number of benzene rings is 2. The molecule has 5 N–H and O–H groups in total. The minimum Gasteiger partial charge on any atom is -0.479 e. The molecule has 2 aromatic rings. The van der Waals surface area contributed by atoms with Crippen LogP contribution in [0.3, 0.4) is 0 Å². The summed E-state index contributed by atoms with van der Waals surface area (Å²) in [5.74, 6) is -0.973. The molecule has 1 atom stereocenters. The molecule has 0 heterocycles. The highest BCUT2D eigenvalue weighted by Crippen LogP contribution is 2.24. The molecule has 6 heteroatoms. The number of rotatable bonds is 9. The van der Waals surface area contributed by atoms with Gasteiger partial charge in [-0.25, -0.2) is 4.79 Å². The predicted octanol–water partition coefficient (Wildman–Crippen LogP) is 2.79. The summed E-state index contributed by atoms with van der Waals surface area (Å²) in [6, 6.07) is 13.5. The number of nitrogen functional groups attached to an aromatic ring is 1. The fourth-order valence-corrected chi connectivity index (χ4v) is 2.64. The molecule has 0 fully saturated rings. The van der Waals surface area contributed by atoms with Crippen molar-refractivity contribution in [3.05, 3.63) is 65.2 Å². The van der Waals surface area contributed by atoms with Crippen molar-refractivity contribution in [3.63, 3.8) is 0 Å². The second kappa shape index (κ2) is 8.84. The van der Waals surface area contributed by atoms with Crippen molar-refractivity contribution in [1.82, 2.24) is 0 Å². The van der Waals surface area contributed by atoms with Crippen LogP contribution >= 0.6 is 0 Å². The minimum atomic E-state index is -0.949. The molecular weight excluding hydrogens is 318 g/mol. The molecule has 0 amide bonds. The van der Waals surface area contributed by atoms with Crippen molar-refractivity contribution in [3.8, 4) is 0 Å². The van der Waals surface area contributed by atoms with Gasteiger partial charge in [-0.15, -0.1) is 0 Å². The number of anilines is 1. The average Bonchev–Trinajstić information content (AvgIpc) is 2.60. The Hall–Kier alpha value is -2.86. The first kappa shape index (κ1) is 18.5. The van der Waals surface area contributed by atoms with E-state index in [1.165, 1.54) is 0 Å². The first-order valence-corrected chi connectivity index (χ1v) is 8.03. The third-order valence-electron chi connectivity index (χ3n) is 3.91. The van der Waals surface area contributed by atoms with E-state index in [0.717, 1.165) is 24.0 Å². The molecule has 0 saturated heterocycles. The summed E-state index contributed by atoms with van der Waals surface area (Å²) < 4.78 is 5.08. The van der Waals surface area contributed by atoms with Crippen LogP contribution in [-0.2, 0) is 16.0 Å². The van der Waals surface area contributed by atoms with Crippen molar-refractivity contribution in [2.24, 2.45) is 5.73 Å². The van der Waals surface area contributed by atoms with E-state index in [-0.39, 0.29) is 5.84 Å². The number of carbonyl (C=O) groups is 1. The maximum Gasteiger partial charge on any atom is 0.330 e. The van der Waals surface area contributed by atoms with Gasteiger partial charge < -0.3 is 20.9 Å². The zero-order chi connectivity index (χ0) is 18.2. The highest BCUT2D eigenvalue weighted by molar-refractivity contribution is 5.95. The van der Waals surface area contributed by atoms with Crippen LogP contribution in [0.2, 0.25) is 0 Å². The minimum absolute atomic E-state index is 0.0233. The highest BCUT2D eigenvalue weighted by atomic mass is 16.5. The van der Waals surface area contributed by atoms with Gasteiger partial charge in [0.2, 0.25) is 0 Å². The maximum absolute atomic E-state index is 11.8. The first-order chi connectivity index (χ1) is 12.0. The Labute approximate surface area is 147 Å². The van der Waals surface area contributed by atoms with Crippen LogP contribution < -0.4 is 11.1 Å². The lowest BCUT2D eigenvalue weighted by Gasteiger charge is -2.19. The van der Waals surface area contributed by atoms with Gasteiger partial charge in [-0.2, -0.15) is 0 Å². The van der Waals surface area contributed by atoms with Crippen molar-refractivity contribution < 1.29 is 14.6 Å². The van der Waals surface area contributed by atoms with Crippen LogP contribution in [0.15, 0.2) is 48.5 Å². The number of aryl methyl sites for hydroxylation is 1. The maximum atomic E-state index is 11.8. The summed E-state index contributed by atoms with van der Waals surface area (Å²) in [7, 11) is 1.65. The number of nitrogens with two attached hydrogens (primary N) is 1. The SMILES string of the molecule is COCCCc1ccccc1C(Nc1ccc(C(=N)N)cc1)C(=O)O. The van der Waals surface area contributed by atoms with Crippen molar-refractivity contribution in [1.29, 1.82) is 5.41 Å². The van der Waals surface area contributed by atoms with Gasteiger partial charge in [0.05, 0.1) is 0 Å². The molecule has 0 bridgehead atoms. The third-order valence-corrected chi connectivity index (χ3v) is 3.91. The molecule has 132 valence electrons. The standard InChI is InChI=1S/C19H23N3O3/c1-25-12-4-6-13-5-2-3-7-16(13)17(19(23)24)22-15-10-8-14(9-11-15)18(20)21/h2-3,5,7-11,17,22H,4,6,12H2,1H3,(H3,20,21)(H,23,24). The highest BCUT2D eigenvalue weighted by Gasteiger charge is 2.22. The van der Waals surface area contributed by atoms with E-state index in [1.807, 2.05) is 24.3 Å². The monoisotopic (exact) mass is 341 g/mol. The first-order valence-electron chi connectivity index (χ1n) is 8.03. The average molecular weight is 341 g/mol. The number of methoxy groups -OCH3 is 1.